The van der Waals surface area contributed by atoms with Crippen molar-refractivity contribution in [3.8, 4) is 0 Å². The fraction of sp³-hybridized carbons (Fsp3) is 0.818. The average molecular weight is 225 g/mol. The Kier molecular flexibility index (Phi) is 4.30. The summed E-state index contributed by atoms with van der Waals surface area (Å²) < 4.78 is 10.3. The first-order valence-corrected chi connectivity index (χ1v) is 5.98. The van der Waals surface area contributed by atoms with Crippen LogP contribution >= 0.6 is 0 Å². The van der Waals surface area contributed by atoms with Gasteiger partial charge in [0.25, 0.3) is 0 Å². The molecule has 2 atom stereocenters. The van der Waals surface area contributed by atoms with Gasteiger partial charge in [0.2, 0.25) is 6.39 Å². The zero-order valence-electron chi connectivity index (χ0n) is 9.69. The van der Waals surface area contributed by atoms with Crippen molar-refractivity contribution in [1.82, 2.24) is 15.5 Å². The SMILES string of the molecule is CCC1CC(NCCc2ncon2)CCO1. The molecule has 2 rings (SSSR count). The van der Waals surface area contributed by atoms with E-state index < -0.39 is 0 Å². The minimum Gasteiger partial charge on any atom is -0.378 e. The molecule has 1 aromatic rings. The maximum absolute atomic E-state index is 5.63. The van der Waals surface area contributed by atoms with Crippen molar-refractivity contribution in [2.24, 2.45) is 0 Å². The molecule has 2 heterocycles. The predicted molar refractivity (Wildman–Crippen MR) is 59.1 cm³/mol. The van der Waals surface area contributed by atoms with Crippen LogP contribution in [0.15, 0.2) is 10.9 Å². The van der Waals surface area contributed by atoms with Crippen molar-refractivity contribution in [1.29, 1.82) is 0 Å². The van der Waals surface area contributed by atoms with E-state index in [-0.39, 0.29) is 0 Å². The van der Waals surface area contributed by atoms with Gasteiger partial charge in [-0.1, -0.05) is 12.1 Å². The summed E-state index contributed by atoms with van der Waals surface area (Å²) in [6.45, 7) is 3.95. The van der Waals surface area contributed by atoms with Crippen LogP contribution < -0.4 is 5.32 Å². The zero-order valence-corrected chi connectivity index (χ0v) is 9.69. The summed E-state index contributed by atoms with van der Waals surface area (Å²) in [5.41, 5.74) is 0. The van der Waals surface area contributed by atoms with Crippen molar-refractivity contribution in [3.05, 3.63) is 12.2 Å². The van der Waals surface area contributed by atoms with E-state index in [4.69, 9.17) is 4.74 Å². The van der Waals surface area contributed by atoms with Gasteiger partial charge in [-0.3, -0.25) is 0 Å². The summed E-state index contributed by atoms with van der Waals surface area (Å²) in [5.74, 6) is 0.770. The number of hydrogen-bond acceptors (Lipinski definition) is 5. The van der Waals surface area contributed by atoms with E-state index in [1.54, 1.807) is 0 Å². The van der Waals surface area contributed by atoms with Gasteiger partial charge in [-0.25, -0.2) is 0 Å². The van der Waals surface area contributed by atoms with Crippen LogP contribution in [0.3, 0.4) is 0 Å². The van der Waals surface area contributed by atoms with E-state index >= 15 is 0 Å². The molecule has 0 bridgehead atoms. The maximum atomic E-state index is 5.63. The number of rotatable bonds is 5. The second kappa shape index (κ2) is 5.96. The monoisotopic (exact) mass is 225 g/mol. The second-order valence-electron chi connectivity index (χ2n) is 4.17. The Hall–Kier alpha value is -0.940. The lowest BCUT2D eigenvalue weighted by molar-refractivity contribution is 0.0000936. The van der Waals surface area contributed by atoms with Gasteiger partial charge in [0.05, 0.1) is 6.10 Å². The molecule has 1 aromatic heterocycles. The van der Waals surface area contributed by atoms with Crippen LogP contribution in [0.1, 0.15) is 32.0 Å². The summed E-state index contributed by atoms with van der Waals surface area (Å²) in [6, 6.07) is 0.575. The van der Waals surface area contributed by atoms with Crippen LogP contribution in [-0.2, 0) is 11.2 Å². The number of hydrogen-bond donors (Lipinski definition) is 1. The highest BCUT2D eigenvalue weighted by Gasteiger charge is 2.20. The Balaban J connectivity index is 1.65. The fourth-order valence-electron chi connectivity index (χ4n) is 2.04. The van der Waals surface area contributed by atoms with Crippen molar-refractivity contribution >= 4 is 0 Å². The standard InChI is InChI=1S/C11H19N3O2/c1-2-10-7-9(4-6-15-10)12-5-3-11-13-8-16-14-11/h8-10,12H,2-7H2,1H3. The highest BCUT2D eigenvalue weighted by molar-refractivity contribution is 4.81. The van der Waals surface area contributed by atoms with Gasteiger partial charge in [-0.15, -0.1) is 0 Å². The largest absolute Gasteiger partial charge is 0.378 e. The highest BCUT2D eigenvalue weighted by atomic mass is 16.5. The maximum Gasteiger partial charge on any atom is 0.213 e. The lowest BCUT2D eigenvalue weighted by Gasteiger charge is -2.29. The fourth-order valence-corrected chi connectivity index (χ4v) is 2.04. The van der Waals surface area contributed by atoms with Crippen LogP contribution in [0.5, 0.6) is 0 Å². The summed E-state index contributed by atoms with van der Waals surface area (Å²) in [7, 11) is 0. The lowest BCUT2D eigenvalue weighted by atomic mass is 10.0. The Morgan fingerprint density at radius 1 is 1.56 bits per heavy atom. The van der Waals surface area contributed by atoms with Gasteiger partial charge in [0.15, 0.2) is 5.82 Å². The molecule has 1 saturated heterocycles. The van der Waals surface area contributed by atoms with Gasteiger partial charge in [0.1, 0.15) is 0 Å². The smallest absolute Gasteiger partial charge is 0.213 e. The molecule has 2 unspecified atom stereocenters. The molecular formula is C11H19N3O2. The van der Waals surface area contributed by atoms with E-state index in [2.05, 4.69) is 26.9 Å². The molecule has 0 spiro atoms. The average Bonchev–Trinajstić information content (AvgIpc) is 2.82. The van der Waals surface area contributed by atoms with Crippen molar-refractivity contribution in [3.63, 3.8) is 0 Å². The molecule has 1 aliphatic rings. The molecule has 1 aliphatic heterocycles. The number of ether oxygens (including phenoxy) is 1. The predicted octanol–water partition coefficient (Wildman–Crippen LogP) is 1.16. The molecule has 90 valence electrons. The van der Waals surface area contributed by atoms with E-state index in [0.717, 1.165) is 44.7 Å². The van der Waals surface area contributed by atoms with Gasteiger partial charge in [-0.05, 0) is 19.3 Å². The minimum absolute atomic E-state index is 0.427. The highest BCUT2D eigenvalue weighted by Crippen LogP contribution is 2.15. The molecular weight excluding hydrogens is 206 g/mol. The quantitative estimate of drug-likeness (QED) is 0.814. The van der Waals surface area contributed by atoms with E-state index in [1.807, 2.05) is 0 Å². The molecule has 0 aliphatic carbocycles. The third-order valence-corrected chi connectivity index (χ3v) is 3.01. The molecule has 16 heavy (non-hydrogen) atoms. The third kappa shape index (κ3) is 3.28. The molecule has 5 heteroatoms. The Bertz CT molecular complexity index is 289. The molecule has 0 aromatic carbocycles. The van der Waals surface area contributed by atoms with Crippen LogP contribution in [-0.4, -0.2) is 35.4 Å². The Labute approximate surface area is 95.6 Å². The Morgan fingerprint density at radius 3 is 3.25 bits per heavy atom. The number of nitrogens with one attached hydrogen (secondary N) is 1. The second-order valence-corrected chi connectivity index (χ2v) is 4.17. The molecule has 0 amide bonds. The summed E-state index contributed by atoms with van der Waals surface area (Å²) in [5, 5.41) is 7.30. The third-order valence-electron chi connectivity index (χ3n) is 3.01. The van der Waals surface area contributed by atoms with Gasteiger partial charge >= 0.3 is 0 Å². The van der Waals surface area contributed by atoms with Crippen LogP contribution in [0.2, 0.25) is 0 Å². The van der Waals surface area contributed by atoms with Gasteiger partial charge in [-0.2, -0.15) is 4.98 Å². The number of nitrogens with zero attached hydrogens (tertiary/aromatic N) is 2. The first-order valence-electron chi connectivity index (χ1n) is 5.98. The van der Waals surface area contributed by atoms with Crippen LogP contribution in [0, 0.1) is 0 Å². The van der Waals surface area contributed by atoms with Crippen molar-refractivity contribution < 1.29 is 9.26 Å². The molecule has 5 nitrogen and oxygen atoms in total. The Morgan fingerprint density at radius 2 is 2.50 bits per heavy atom. The van der Waals surface area contributed by atoms with Crippen molar-refractivity contribution in [2.45, 2.75) is 44.8 Å². The summed E-state index contributed by atoms with van der Waals surface area (Å²) in [6.07, 6.45) is 5.94. The topological polar surface area (TPSA) is 60.2 Å². The molecule has 0 radical (unpaired) electrons. The van der Waals surface area contributed by atoms with E-state index in [1.165, 1.54) is 6.39 Å². The zero-order chi connectivity index (χ0) is 11.2. The summed E-state index contributed by atoms with van der Waals surface area (Å²) >= 11 is 0. The first-order chi connectivity index (χ1) is 7.88. The lowest BCUT2D eigenvalue weighted by Crippen LogP contribution is -2.39. The van der Waals surface area contributed by atoms with Crippen LogP contribution in [0.25, 0.3) is 0 Å². The van der Waals surface area contributed by atoms with Gasteiger partial charge in [0, 0.05) is 25.6 Å². The number of aromatic nitrogens is 2. The van der Waals surface area contributed by atoms with Crippen LogP contribution in [0.4, 0.5) is 0 Å². The minimum atomic E-state index is 0.427. The van der Waals surface area contributed by atoms with E-state index in [9.17, 15) is 0 Å². The molecule has 1 fully saturated rings. The first kappa shape index (κ1) is 11.5. The van der Waals surface area contributed by atoms with Gasteiger partial charge < -0.3 is 14.6 Å². The summed E-state index contributed by atoms with van der Waals surface area (Å²) in [4.78, 5) is 3.99. The molecule has 0 saturated carbocycles. The van der Waals surface area contributed by atoms with E-state index in [0.29, 0.717) is 12.1 Å². The normalized spacial score (nSPS) is 25.8. The van der Waals surface area contributed by atoms with Crippen molar-refractivity contribution in [2.75, 3.05) is 13.2 Å². The molecule has 1 N–H and O–H groups in total.